The zero-order valence-electron chi connectivity index (χ0n) is 19.1. The number of ether oxygens (including phenoxy) is 1. The van der Waals surface area contributed by atoms with Crippen LogP contribution >= 0.6 is 0 Å². The van der Waals surface area contributed by atoms with Gasteiger partial charge in [0.05, 0.1) is 9.73 Å². The molecule has 1 amide bonds. The monoisotopic (exact) mass is 523 g/mol. The number of pyridine rings is 1. The molecule has 0 radical (unpaired) electrons. The van der Waals surface area contributed by atoms with Crippen LogP contribution in [0.3, 0.4) is 0 Å². The minimum atomic E-state index is -4.92. The Hall–Kier alpha value is -3.61. The number of aromatic nitrogens is 3. The number of carbonyl (C=O) groups is 1. The molecular formula is C23H21F4N5O3S. The summed E-state index contributed by atoms with van der Waals surface area (Å²) >= 11 is 0. The quantitative estimate of drug-likeness (QED) is 0.317. The Morgan fingerprint density at radius 3 is 2.50 bits per heavy atom. The zero-order valence-corrected chi connectivity index (χ0v) is 20.0. The summed E-state index contributed by atoms with van der Waals surface area (Å²) < 4.78 is 80.2. The van der Waals surface area contributed by atoms with Crippen molar-refractivity contribution in [3.8, 4) is 11.6 Å². The van der Waals surface area contributed by atoms with Crippen LogP contribution in [-0.4, -0.2) is 31.6 Å². The van der Waals surface area contributed by atoms with Gasteiger partial charge in [0.25, 0.3) is 17.7 Å². The van der Waals surface area contributed by atoms with Crippen molar-refractivity contribution >= 4 is 21.3 Å². The van der Waals surface area contributed by atoms with Crippen LogP contribution in [0.25, 0.3) is 0 Å². The highest BCUT2D eigenvalue weighted by atomic mass is 32.2. The Labute approximate surface area is 204 Å². The van der Waals surface area contributed by atoms with E-state index in [-0.39, 0.29) is 16.5 Å². The Morgan fingerprint density at radius 2 is 1.92 bits per heavy atom. The maximum atomic E-state index is 14.7. The molecule has 2 N–H and O–H groups in total. The van der Waals surface area contributed by atoms with Crippen molar-refractivity contribution in [1.82, 2.24) is 15.2 Å². The van der Waals surface area contributed by atoms with Crippen LogP contribution in [0.15, 0.2) is 41.3 Å². The van der Waals surface area contributed by atoms with Gasteiger partial charge < -0.3 is 10.1 Å². The predicted octanol–water partition coefficient (Wildman–Crippen LogP) is 5.69. The lowest BCUT2D eigenvalue weighted by Gasteiger charge is -2.24. The molecule has 8 nitrogen and oxygen atoms in total. The number of nitrogens with one attached hydrogen (secondary N) is 2. The van der Waals surface area contributed by atoms with E-state index in [9.17, 15) is 26.6 Å². The summed E-state index contributed by atoms with van der Waals surface area (Å²) in [5.74, 6) is -2.98. The van der Waals surface area contributed by atoms with Gasteiger partial charge in [0.2, 0.25) is 0 Å². The summed E-state index contributed by atoms with van der Waals surface area (Å²) in [5.41, 5.74) is -1.99. The minimum absolute atomic E-state index is 0.0766. The lowest BCUT2D eigenvalue weighted by atomic mass is 9.83. The maximum absolute atomic E-state index is 14.7. The van der Waals surface area contributed by atoms with Crippen molar-refractivity contribution in [3.63, 3.8) is 0 Å². The normalized spacial score (nSPS) is 15.6. The van der Waals surface area contributed by atoms with Crippen molar-refractivity contribution in [1.29, 1.82) is 4.78 Å². The lowest BCUT2D eigenvalue weighted by Crippen LogP contribution is -2.21. The average Bonchev–Trinajstić information content (AvgIpc) is 2.73. The van der Waals surface area contributed by atoms with E-state index in [2.05, 4.69) is 20.5 Å². The van der Waals surface area contributed by atoms with Gasteiger partial charge in [-0.1, -0.05) is 12.5 Å². The van der Waals surface area contributed by atoms with Gasteiger partial charge in [-0.15, -0.1) is 10.2 Å². The van der Waals surface area contributed by atoms with Gasteiger partial charge in [-0.05, 0) is 55.7 Å². The van der Waals surface area contributed by atoms with E-state index in [1.807, 2.05) is 0 Å². The molecule has 1 aliphatic rings. The standard InChI is InChI=1S/C23H21F4N5O3S/c1-12-18(21(33)29-14-7-4-8-15(11-14)36(2,28)34)22(32-31-19(12)23(25,26)27)35-17-10-9-16(30-20(17)24)13-5-3-6-13/h4,7-11,13,28H,3,5-6H2,1-2H3,(H,29,33). The third-order valence-corrected chi connectivity index (χ3v) is 6.94. The van der Waals surface area contributed by atoms with Crippen LogP contribution in [0.2, 0.25) is 0 Å². The largest absolute Gasteiger partial charge is 0.435 e. The number of alkyl halides is 3. The van der Waals surface area contributed by atoms with Crippen LogP contribution in [0.5, 0.6) is 11.6 Å². The first-order valence-electron chi connectivity index (χ1n) is 10.8. The number of hydrogen-bond donors (Lipinski definition) is 2. The second-order valence-electron chi connectivity index (χ2n) is 8.43. The van der Waals surface area contributed by atoms with E-state index in [0.717, 1.165) is 26.2 Å². The van der Waals surface area contributed by atoms with Crippen LogP contribution in [0, 0.1) is 17.7 Å². The number of amides is 1. The fourth-order valence-electron chi connectivity index (χ4n) is 3.66. The molecule has 1 aromatic carbocycles. The van der Waals surface area contributed by atoms with Gasteiger partial charge in [-0.25, -0.2) is 14.0 Å². The first kappa shape index (κ1) is 25.5. The van der Waals surface area contributed by atoms with Gasteiger partial charge in [0, 0.05) is 28.5 Å². The summed E-state index contributed by atoms with van der Waals surface area (Å²) in [6, 6.07) is 8.37. The highest BCUT2D eigenvalue weighted by Crippen LogP contribution is 2.38. The third-order valence-electron chi connectivity index (χ3n) is 5.79. The van der Waals surface area contributed by atoms with E-state index < -0.39 is 56.2 Å². The van der Waals surface area contributed by atoms with Crippen LogP contribution in [0.1, 0.15) is 52.5 Å². The van der Waals surface area contributed by atoms with Crippen molar-refractivity contribution in [3.05, 3.63) is 64.9 Å². The molecule has 36 heavy (non-hydrogen) atoms. The fraction of sp³-hybridized carbons (Fsp3) is 0.304. The van der Waals surface area contributed by atoms with E-state index >= 15 is 0 Å². The summed E-state index contributed by atoms with van der Waals surface area (Å²) in [5, 5.41) is 8.98. The molecule has 2 aromatic heterocycles. The summed E-state index contributed by atoms with van der Waals surface area (Å²) in [6.07, 6.45) is -0.943. The molecule has 4 rings (SSSR count). The van der Waals surface area contributed by atoms with Gasteiger partial charge in [-0.2, -0.15) is 17.6 Å². The molecule has 1 fully saturated rings. The fourth-order valence-corrected chi connectivity index (χ4v) is 4.35. The number of nitrogens with zero attached hydrogens (tertiary/aromatic N) is 3. The van der Waals surface area contributed by atoms with E-state index in [0.29, 0.717) is 5.69 Å². The summed E-state index contributed by atoms with van der Waals surface area (Å²) in [4.78, 5) is 17.1. The van der Waals surface area contributed by atoms with Gasteiger partial charge >= 0.3 is 6.18 Å². The SMILES string of the molecule is Cc1c(C(F)(F)F)nnc(Oc2ccc(C3CCC3)nc2F)c1C(=O)Nc1cccc(S(C)(=N)=O)c1. The van der Waals surface area contributed by atoms with Crippen LogP contribution in [-0.2, 0) is 15.9 Å². The highest BCUT2D eigenvalue weighted by Gasteiger charge is 2.38. The number of carbonyl (C=O) groups excluding carboxylic acids is 1. The molecular weight excluding hydrogens is 502 g/mol. The molecule has 0 bridgehead atoms. The second kappa shape index (κ2) is 9.45. The Bertz CT molecular complexity index is 1440. The molecule has 1 saturated carbocycles. The molecule has 0 aliphatic heterocycles. The molecule has 1 atom stereocenters. The molecule has 0 saturated heterocycles. The predicted molar refractivity (Wildman–Crippen MR) is 122 cm³/mol. The van der Waals surface area contributed by atoms with Gasteiger partial charge in [-0.3, -0.25) is 4.79 Å². The molecule has 1 unspecified atom stereocenters. The number of benzene rings is 1. The van der Waals surface area contributed by atoms with Crippen LogP contribution < -0.4 is 10.1 Å². The Morgan fingerprint density at radius 1 is 1.19 bits per heavy atom. The Kier molecular flexibility index (Phi) is 6.69. The molecule has 1 aliphatic carbocycles. The summed E-state index contributed by atoms with van der Waals surface area (Å²) in [7, 11) is -3.12. The van der Waals surface area contributed by atoms with Crippen molar-refractivity contribution in [2.45, 2.75) is 43.2 Å². The molecule has 3 aromatic rings. The molecule has 190 valence electrons. The van der Waals surface area contributed by atoms with Crippen molar-refractivity contribution < 1.29 is 31.3 Å². The molecule has 2 heterocycles. The first-order chi connectivity index (χ1) is 16.8. The number of halogens is 4. The number of anilines is 1. The van der Waals surface area contributed by atoms with Gasteiger partial charge in [0.15, 0.2) is 11.4 Å². The van der Waals surface area contributed by atoms with E-state index in [1.165, 1.54) is 36.6 Å². The first-order valence-corrected chi connectivity index (χ1v) is 12.7. The maximum Gasteiger partial charge on any atom is 0.435 e. The van der Waals surface area contributed by atoms with Crippen LogP contribution in [0.4, 0.5) is 23.2 Å². The number of rotatable bonds is 6. The molecule has 13 heteroatoms. The topological polar surface area (TPSA) is 118 Å². The lowest BCUT2D eigenvalue weighted by molar-refractivity contribution is -0.142. The second-order valence-corrected chi connectivity index (χ2v) is 10.6. The van der Waals surface area contributed by atoms with Gasteiger partial charge in [0.1, 0.15) is 5.56 Å². The zero-order chi connectivity index (χ0) is 26.3. The molecule has 0 spiro atoms. The minimum Gasteiger partial charge on any atom is -0.432 e. The highest BCUT2D eigenvalue weighted by molar-refractivity contribution is 7.91. The third kappa shape index (κ3) is 5.30. The van der Waals surface area contributed by atoms with Crippen molar-refractivity contribution in [2.75, 3.05) is 11.6 Å². The Balaban J connectivity index is 1.72. The van der Waals surface area contributed by atoms with E-state index in [1.54, 1.807) is 6.07 Å². The van der Waals surface area contributed by atoms with E-state index in [4.69, 9.17) is 9.52 Å². The van der Waals surface area contributed by atoms with Crippen molar-refractivity contribution in [2.24, 2.45) is 0 Å². The smallest absolute Gasteiger partial charge is 0.432 e. The number of hydrogen-bond acceptors (Lipinski definition) is 7. The summed E-state index contributed by atoms with van der Waals surface area (Å²) in [6.45, 7) is 1.02. The average molecular weight is 524 g/mol.